The number of hydrogen-bond donors (Lipinski definition) is 2. The van der Waals surface area contributed by atoms with Crippen LogP contribution in [0.2, 0.25) is 0 Å². The Hall–Kier alpha value is -1.79. The Kier molecular flexibility index (Phi) is 2.33. The molecule has 7 heteroatoms. The number of amides is 1. The van der Waals surface area contributed by atoms with Gasteiger partial charge in [0, 0.05) is 0 Å². The average Bonchev–Trinajstić information content (AvgIpc) is 2.11. The number of carbonyl (C=O) groups excluding carboxylic acids is 1. The maximum absolute atomic E-state index is 12.7. The molecule has 1 rings (SSSR count). The standard InChI is InChI=1S/C7H3F4NO2/c8-2-1(7(12)14)3(9)5(11)6(13)4(2)10/h13H,(H2,12,14). The number of hydrogen-bond acceptors (Lipinski definition) is 2. The molecular weight excluding hydrogens is 206 g/mol. The van der Waals surface area contributed by atoms with E-state index < -0.39 is 40.5 Å². The van der Waals surface area contributed by atoms with Gasteiger partial charge in [0.2, 0.25) is 11.6 Å². The molecule has 0 spiro atoms. The van der Waals surface area contributed by atoms with Crippen LogP contribution in [0.1, 0.15) is 10.4 Å². The molecule has 76 valence electrons. The molecule has 0 saturated carbocycles. The van der Waals surface area contributed by atoms with Gasteiger partial charge in [0.1, 0.15) is 5.56 Å². The SMILES string of the molecule is NC(=O)c1c(F)c(F)c(O)c(F)c1F. The zero-order chi connectivity index (χ0) is 11.0. The quantitative estimate of drug-likeness (QED) is 0.536. The molecule has 1 aromatic carbocycles. The van der Waals surface area contributed by atoms with Crippen molar-refractivity contribution in [2.75, 3.05) is 0 Å². The van der Waals surface area contributed by atoms with Crippen LogP contribution in [0.25, 0.3) is 0 Å². The van der Waals surface area contributed by atoms with Gasteiger partial charge in [-0.25, -0.2) is 8.78 Å². The number of phenolic OH excluding ortho intramolecular Hbond substituents is 1. The highest BCUT2D eigenvalue weighted by atomic mass is 19.2. The zero-order valence-corrected chi connectivity index (χ0v) is 6.44. The normalized spacial score (nSPS) is 10.3. The van der Waals surface area contributed by atoms with Crippen LogP contribution < -0.4 is 5.73 Å². The first-order valence-corrected chi connectivity index (χ1v) is 3.22. The monoisotopic (exact) mass is 209 g/mol. The molecule has 0 fully saturated rings. The van der Waals surface area contributed by atoms with Crippen molar-refractivity contribution in [1.29, 1.82) is 0 Å². The lowest BCUT2D eigenvalue weighted by Gasteiger charge is -2.04. The number of halogens is 4. The first-order valence-electron chi connectivity index (χ1n) is 3.22. The van der Waals surface area contributed by atoms with Crippen LogP contribution >= 0.6 is 0 Å². The Morgan fingerprint density at radius 2 is 1.36 bits per heavy atom. The minimum Gasteiger partial charge on any atom is -0.503 e. The summed E-state index contributed by atoms with van der Waals surface area (Å²) in [6.07, 6.45) is 0. The van der Waals surface area contributed by atoms with E-state index in [0.29, 0.717) is 0 Å². The van der Waals surface area contributed by atoms with Crippen molar-refractivity contribution in [1.82, 2.24) is 0 Å². The minimum absolute atomic E-state index is 1.56. The van der Waals surface area contributed by atoms with Crippen LogP contribution in [0.3, 0.4) is 0 Å². The van der Waals surface area contributed by atoms with E-state index in [1.165, 1.54) is 0 Å². The highest BCUT2D eigenvalue weighted by molar-refractivity contribution is 5.93. The summed E-state index contributed by atoms with van der Waals surface area (Å²) in [6.45, 7) is 0. The van der Waals surface area contributed by atoms with Crippen molar-refractivity contribution < 1.29 is 27.5 Å². The van der Waals surface area contributed by atoms with E-state index in [1.807, 2.05) is 0 Å². The smallest absolute Gasteiger partial charge is 0.254 e. The third kappa shape index (κ3) is 1.26. The van der Waals surface area contributed by atoms with Crippen molar-refractivity contribution >= 4 is 5.91 Å². The fraction of sp³-hybridized carbons (Fsp3) is 0. The number of benzene rings is 1. The Morgan fingerprint density at radius 1 is 1.00 bits per heavy atom. The molecule has 0 saturated heterocycles. The number of aromatic hydroxyl groups is 1. The largest absolute Gasteiger partial charge is 0.503 e. The molecule has 0 aliphatic rings. The minimum atomic E-state index is -2.06. The Labute approximate surface area is 74.8 Å². The summed E-state index contributed by atoms with van der Waals surface area (Å²) < 4.78 is 50.5. The topological polar surface area (TPSA) is 63.3 Å². The van der Waals surface area contributed by atoms with Crippen molar-refractivity contribution in [3.05, 3.63) is 28.8 Å². The van der Waals surface area contributed by atoms with E-state index in [0.717, 1.165) is 0 Å². The third-order valence-corrected chi connectivity index (χ3v) is 1.49. The van der Waals surface area contributed by atoms with Crippen molar-refractivity contribution in [2.45, 2.75) is 0 Å². The summed E-state index contributed by atoms with van der Waals surface area (Å²) in [7, 11) is 0. The molecule has 0 aliphatic heterocycles. The summed E-state index contributed by atoms with van der Waals surface area (Å²) >= 11 is 0. The summed E-state index contributed by atoms with van der Waals surface area (Å²) in [4.78, 5) is 10.4. The van der Waals surface area contributed by atoms with Gasteiger partial charge in [-0.2, -0.15) is 8.78 Å². The van der Waals surface area contributed by atoms with Gasteiger partial charge in [0.05, 0.1) is 0 Å². The number of primary amides is 1. The molecule has 3 N–H and O–H groups in total. The zero-order valence-electron chi connectivity index (χ0n) is 6.44. The van der Waals surface area contributed by atoms with Crippen LogP contribution in [0.4, 0.5) is 17.6 Å². The molecule has 14 heavy (non-hydrogen) atoms. The first kappa shape index (κ1) is 10.3. The predicted octanol–water partition coefficient (Wildman–Crippen LogP) is 1.05. The van der Waals surface area contributed by atoms with E-state index in [9.17, 15) is 22.4 Å². The van der Waals surface area contributed by atoms with Gasteiger partial charge in [0.15, 0.2) is 17.4 Å². The summed E-state index contributed by atoms with van der Waals surface area (Å²) in [5, 5.41) is 8.49. The van der Waals surface area contributed by atoms with Crippen LogP contribution in [-0.2, 0) is 0 Å². The highest BCUT2D eigenvalue weighted by Crippen LogP contribution is 2.28. The first-order chi connectivity index (χ1) is 6.37. The van der Waals surface area contributed by atoms with Gasteiger partial charge in [-0.1, -0.05) is 0 Å². The second-order valence-corrected chi connectivity index (χ2v) is 2.34. The van der Waals surface area contributed by atoms with E-state index in [-0.39, 0.29) is 0 Å². The van der Waals surface area contributed by atoms with Gasteiger partial charge in [-0.3, -0.25) is 4.79 Å². The van der Waals surface area contributed by atoms with Crippen LogP contribution in [0.15, 0.2) is 0 Å². The number of phenols is 1. The van der Waals surface area contributed by atoms with Gasteiger partial charge in [-0.15, -0.1) is 0 Å². The van der Waals surface area contributed by atoms with E-state index in [1.54, 1.807) is 0 Å². The lowest BCUT2D eigenvalue weighted by Crippen LogP contribution is -2.18. The summed E-state index contributed by atoms with van der Waals surface area (Å²) in [5.74, 6) is -11.7. The van der Waals surface area contributed by atoms with Crippen LogP contribution in [0, 0.1) is 23.3 Å². The second kappa shape index (κ2) is 3.17. The molecule has 3 nitrogen and oxygen atoms in total. The van der Waals surface area contributed by atoms with Crippen molar-refractivity contribution in [3.8, 4) is 5.75 Å². The molecule has 1 aromatic rings. The highest BCUT2D eigenvalue weighted by Gasteiger charge is 2.27. The van der Waals surface area contributed by atoms with Crippen molar-refractivity contribution in [2.24, 2.45) is 5.73 Å². The average molecular weight is 209 g/mol. The van der Waals surface area contributed by atoms with Gasteiger partial charge < -0.3 is 10.8 Å². The Balaban J connectivity index is 3.68. The molecular formula is C7H3F4NO2. The fourth-order valence-corrected chi connectivity index (χ4v) is 0.836. The van der Waals surface area contributed by atoms with Gasteiger partial charge in [-0.05, 0) is 0 Å². The molecule has 0 unspecified atom stereocenters. The Bertz CT molecular complexity index is 390. The second-order valence-electron chi connectivity index (χ2n) is 2.34. The van der Waals surface area contributed by atoms with Gasteiger partial charge in [0.25, 0.3) is 5.91 Å². The van der Waals surface area contributed by atoms with Crippen LogP contribution in [0.5, 0.6) is 5.75 Å². The number of carbonyl (C=O) groups is 1. The summed E-state index contributed by atoms with van der Waals surface area (Å²) in [6, 6.07) is 0. The number of rotatable bonds is 1. The van der Waals surface area contributed by atoms with E-state index in [4.69, 9.17) is 5.11 Å². The third-order valence-electron chi connectivity index (χ3n) is 1.49. The Morgan fingerprint density at radius 3 is 1.64 bits per heavy atom. The molecule has 0 radical (unpaired) electrons. The van der Waals surface area contributed by atoms with Gasteiger partial charge >= 0.3 is 0 Å². The fourth-order valence-electron chi connectivity index (χ4n) is 0.836. The molecule has 0 aromatic heterocycles. The maximum atomic E-state index is 12.7. The van der Waals surface area contributed by atoms with E-state index in [2.05, 4.69) is 5.73 Å². The lowest BCUT2D eigenvalue weighted by atomic mass is 10.1. The summed E-state index contributed by atoms with van der Waals surface area (Å²) in [5.41, 5.74) is 2.91. The predicted molar refractivity (Wildman–Crippen MR) is 36.5 cm³/mol. The molecule has 1 amide bonds. The molecule has 0 bridgehead atoms. The molecule has 0 atom stereocenters. The maximum Gasteiger partial charge on any atom is 0.254 e. The van der Waals surface area contributed by atoms with Crippen LogP contribution in [-0.4, -0.2) is 11.0 Å². The van der Waals surface area contributed by atoms with E-state index >= 15 is 0 Å². The lowest BCUT2D eigenvalue weighted by molar-refractivity contribution is 0.0989. The molecule has 0 heterocycles. The molecule has 0 aliphatic carbocycles. The number of nitrogens with two attached hydrogens (primary N) is 1. The van der Waals surface area contributed by atoms with Crippen molar-refractivity contribution in [3.63, 3.8) is 0 Å².